The lowest BCUT2D eigenvalue weighted by Crippen LogP contribution is -2.35. The van der Waals surface area contributed by atoms with Gasteiger partial charge in [-0.25, -0.2) is 13.2 Å². The minimum atomic E-state index is -1.64. The van der Waals surface area contributed by atoms with Crippen molar-refractivity contribution in [2.75, 3.05) is 0 Å². The van der Waals surface area contributed by atoms with E-state index in [1.54, 1.807) is 0 Å². The predicted octanol–water partition coefficient (Wildman–Crippen LogP) is 4.68. The quantitative estimate of drug-likeness (QED) is 0.689. The summed E-state index contributed by atoms with van der Waals surface area (Å²) in [4.78, 5) is 12.5. The normalized spacial score (nSPS) is 15.2. The molecule has 3 aromatic carbocycles. The molecular formula is C20H14F3NO. The highest BCUT2D eigenvalue weighted by molar-refractivity contribution is 5.96. The van der Waals surface area contributed by atoms with Crippen LogP contribution in [0.15, 0.2) is 54.6 Å². The van der Waals surface area contributed by atoms with Crippen LogP contribution >= 0.6 is 0 Å². The Balaban J connectivity index is 1.71. The second-order valence-electron chi connectivity index (χ2n) is 6.29. The molecule has 2 nitrogen and oxygen atoms in total. The number of hydrogen-bond acceptors (Lipinski definition) is 1. The van der Waals surface area contributed by atoms with Gasteiger partial charge in [0.1, 0.15) is 0 Å². The number of amides is 1. The zero-order valence-electron chi connectivity index (χ0n) is 13.2. The van der Waals surface area contributed by atoms with Crippen LogP contribution in [0.5, 0.6) is 0 Å². The second-order valence-corrected chi connectivity index (χ2v) is 6.29. The van der Waals surface area contributed by atoms with E-state index in [1.165, 1.54) is 0 Å². The highest BCUT2D eigenvalue weighted by atomic mass is 19.2. The lowest BCUT2D eigenvalue weighted by atomic mass is 9.96. The molecule has 0 heterocycles. The Morgan fingerprint density at radius 2 is 1.60 bits per heavy atom. The Morgan fingerprint density at radius 3 is 2.36 bits per heavy atom. The fraction of sp³-hybridized carbons (Fsp3) is 0.150. The van der Waals surface area contributed by atoms with Gasteiger partial charge < -0.3 is 5.32 Å². The minimum absolute atomic E-state index is 0.495. The molecule has 0 bridgehead atoms. The summed E-state index contributed by atoms with van der Waals surface area (Å²) in [6.07, 6.45) is 1.41. The molecule has 1 N–H and O–H groups in total. The molecule has 1 saturated carbocycles. The molecule has 1 aliphatic carbocycles. The van der Waals surface area contributed by atoms with E-state index in [2.05, 4.69) is 5.32 Å². The SMILES string of the molecule is O=C(NC1(c2cccc3ccccc23)CC1)c1ccc(F)c(F)c1F. The van der Waals surface area contributed by atoms with E-state index in [1.807, 2.05) is 42.5 Å². The highest BCUT2D eigenvalue weighted by Gasteiger charge is 2.47. The van der Waals surface area contributed by atoms with Gasteiger partial charge in [0.15, 0.2) is 17.5 Å². The van der Waals surface area contributed by atoms with Crippen LogP contribution < -0.4 is 5.32 Å². The van der Waals surface area contributed by atoms with Gasteiger partial charge in [-0.1, -0.05) is 42.5 Å². The molecule has 0 aromatic heterocycles. The molecule has 0 spiro atoms. The molecule has 3 aromatic rings. The van der Waals surface area contributed by atoms with E-state index >= 15 is 0 Å². The molecule has 0 saturated heterocycles. The molecule has 4 rings (SSSR count). The predicted molar refractivity (Wildman–Crippen MR) is 88.6 cm³/mol. The molecule has 0 aliphatic heterocycles. The van der Waals surface area contributed by atoms with E-state index in [0.29, 0.717) is 12.8 Å². The summed E-state index contributed by atoms with van der Waals surface area (Å²) in [5, 5.41) is 4.86. The Hall–Kier alpha value is -2.82. The van der Waals surface area contributed by atoms with Gasteiger partial charge >= 0.3 is 0 Å². The maximum absolute atomic E-state index is 13.9. The van der Waals surface area contributed by atoms with Crippen LogP contribution in [0.25, 0.3) is 10.8 Å². The molecule has 1 fully saturated rings. The maximum Gasteiger partial charge on any atom is 0.255 e. The van der Waals surface area contributed by atoms with Crippen molar-refractivity contribution in [3.05, 3.63) is 83.2 Å². The van der Waals surface area contributed by atoms with Crippen LogP contribution in [0.1, 0.15) is 28.8 Å². The molecule has 5 heteroatoms. The first-order valence-corrected chi connectivity index (χ1v) is 7.96. The van der Waals surface area contributed by atoms with Gasteiger partial charge in [-0.2, -0.15) is 0 Å². The molecule has 0 unspecified atom stereocenters. The van der Waals surface area contributed by atoms with Crippen LogP contribution in [0.3, 0.4) is 0 Å². The maximum atomic E-state index is 13.9. The fourth-order valence-corrected chi connectivity index (χ4v) is 3.22. The average Bonchev–Trinajstić information content (AvgIpc) is 3.39. The summed E-state index contributed by atoms with van der Waals surface area (Å²) >= 11 is 0. The lowest BCUT2D eigenvalue weighted by Gasteiger charge is -2.20. The van der Waals surface area contributed by atoms with Crippen molar-refractivity contribution in [1.29, 1.82) is 0 Å². The molecule has 0 radical (unpaired) electrons. The van der Waals surface area contributed by atoms with Crippen molar-refractivity contribution in [2.24, 2.45) is 0 Å². The molecule has 1 amide bonds. The molecule has 25 heavy (non-hydrogen) atoms. The highest BCUT2D eigenvalue weighted by Crippen LogP contribution is 2.48. The largest absolute Gasteiger partial charge is 0.342 e. The smallest absolute Gasteiger partial charge is 0.255 e. The number of carbonyl (C=O) groups is 1. The number of hydrogen-bond donors (Lipinski definition) is 1. The number of carbonyl (C=O) groups excluding carboxylic acids is 1. The van der Waals surface area contributed by atoms with Crippen molar-refractivity contribution in [3.8, 4) is 0 Å². The number of nitrogens with one attached hydrogen (secondary N) is 1. The number of rotatable bonds is 3. The van der Waals surface area contributed by atoms with E-state index in [0.717, 1.165) is 28.5 Å². The third kappa shape index (κ3) is 2.56. The average molecular weight is 341 g/mol. The number of benzene rings is 3. The van der Waals surface area contributed by atoms with Gasteiger partial charge in [-0.05, 0) is 41.3 Å². The second kappa shape index (κ2) is 5.62. The molecule has 1 aliphatic rings. The molecular weight excluding hydrogens is 327 g/mol. The van der Waals surface area contributed by atoms with Crippen LogP contribution in [0.2, 0.25) is 0 Å². The lowest BCUT2D eigenvalue weighted by molar-refractivity contribution is 0.0925. The van der Waals surface area contributed by atoms with E-state index < -0.39 is 34.5 Å². The topological polar surface area (TPSA) is 29.1 Å². The van der Waals surface area contributed by atoms with Crippen molar-refractivity contribution in [2.45, 2.75) is 18.4 Å². The number of fused-ring (bicyclic) bond motifs is 1. The van der Waals surface area contributed by atoms with Gasteiger partial charge in [0.2, 0.25) is 0 Å². The number of halogens is 3. The van der Waals surface area contributed by atoms with Crippen LogP contribution in [0.4, 0.5) is 13.2 Å². The summed E-state index contributed by atoms with van der Waals surface area (Å²) < 4.78 is 40.4. The van der Waals surface area contributed by atoms with E-state index in [4.69, 9.17) is 0 Å². The summed E-state index contributed by atoms with van der Waals surface area (Å²) in [5.74, 6) is -5.17. The monoisotopic (exact) mass is 341 g/mol. The zero-order valence-corrected chi connectivity index (χ0v) is 13.2. The Labute approximate surface area is 142 Å². The Kier molecular flexibility index (Phi) is 3.53. The van der Waals surface area contributed by atoms with Crippen LogP contribution in [-0.4, -0.2) is 5.91 Å². The molecule has 126 valence electrons. The summed E-state index contributed by atoms with van der Waals surface area (Å²) in [6.45, 7) is 0. The third-order valence-corrected chi connectivity index (χ3v) is 4.69. The van der Waals surface area contributed by atoms with Gasteiger partial charge in [0, 0.05) is 0 Å². The van der Waals surface area contributed by atoms with E-state index in [-0.39, 0.29) is 0 Å². The summed E-state index contributed by atoms with van der Waals surface area (Å²) in [7, 11) is 0. The first-order valence-electron chi connectivity index (χ1n) is 7.96. The van der Waals surface area contributed by atoms with Gasteiger partial charge in [-0.3, -0.25) is 4.79 Å². The minimum Gasteiger partial charge on any atom is -0.342 e. The Bertz CT molecular complexity index is 990. The Morgan fingerprint density at radius 1 is 0.880 bits per heavy atom. The van der Waals surface area contributed by atoms with Crippen molar-refractivity contribution < 1.29 is 18.0 Å². The van der Waals surface area contributed by atoms with Crippen LogP contribution in [0, 0.1) is 17.5 Å². The standard InChI is InChI=1S/C20H14F3NO/c21-16-9-8-14(17(22)18(16)23)19(25)24-20(10-11-20)15-7-3-5-12-4-1-2-6-13(12)15/h1-9H,10-11H2,(H,24,25). The van der Waals surface area contributed by atoms with Crippen LogP contribution in [-0.2, 0) is 5.54 Å². The first-order chi connectivity index (χ1) is 12.0. The van der Waals surface area contributed by atoms with Crippen molar-refractivity contribution >= 4 is 16.7 Å². The van der Waals surface area contributed by atoms with Crippen molar-refractivity contribution in [3.63, 3.8) is 0 Å². The zero-order chi connectivity index (χ0) is 17.6. The first kappa shape index (κ1) is 15.7. The van der Waals surface area contributed by atoms with Crippen molar-refractivity contribution in [1.82, 2.24) is 5.32 Å². The van der Waals surface area contributed by atoms with Gasteiger partial charge in [-0.15, -0.1) is 0 Å². The van der Waals surface area contributed by atoms with Gasteiger partial charge in [0.25, 0.3) is 5.91 Å². The van der Waals surface area contributed by atoms with E-state index in [9.17, 15) is 18.0 Å². The summed E-state index contributed by atoms with van der Waals surface area (Å²) in [5.41, 5.74) is -0.151. The molecule has 0 atom stereocenters. The third-order valence-electron chi connectivity index (χ3n) is 4.69. The van der Waals surface area contributed by atoms with Gasteiger partial charge in [0.05, 0.1) is 11.1 Å². The fourth-order valence-electron chi connectivity index (χ4n) is 3.22. The summed E-state index contributed by atoms with van der Waals surface area (Å²) in [6, 6.07) is 15.3.